The summed E-state index contributed by atoms with van der Waals surface area (Å²) in [6.45, 7) is 3.77. The molecule has 0 spiro atoms. The molecule has 0 radical (unpaired) electrons. The highest BCUT2D eigenvalue weighted by molar-refractivity contribution is 5.51. The zero-order valence-electron chi connectivity index (χ0n) is 12.1. The number of fused-ring (bicyclic) bond motifs is 1. The van der Waals surface area contributed by atoms with Gasteiger partial charge >= 0.3 is 0 Å². The second kappa shape index (κ2) is 6.04. The second-order valence-corrected chi connectivity index (χ2v) is 5.50. The summed E-state index contributed by atoms with van der Waals surface area (Å²) in [6.07, 6.45) is 5.59. The van der Waals surface area contributed by atoms with Gasteiger partial charge in [-0.15, -0.1) is 6.58 Å². The van der Waals surface area contributed by atoms with Crippen molar-refractivity contribution in [3.8, 4) is 11.5 Å². The van der Waals surface area contributed by atoms with Crippen LogP contribution >= 0.6 is 0 Å². The topological polar surface area (TPSA) is 29.5 Å². The molecule has 2 aromatic rings. The monoisotopic (exact) mass is 280 g/mol. The van der Waals surface area contributed by atoms with Gasteiger partial charge in [0.2, 0.25) is 0 Å². The number of allylic oxidation sites excluding steroid dienone is 1. The van der Waals surface area contributed by atoms with Crippen LogP contribution in [0.15, 0.2) is 55.1 Å². The van der Waals surface area contributed by atoms with E-state index in [0.717, 1.165) is 36.1 Å². The van der Waals surface area contributed by atoms with Gasteiger partial charge in [0.15, 0.2) is 0 Å². The van der Waals surface area contributed by atoms with Gasteiger partial charge in [-0.05, 0) is 37.0 Å². The fraction of sp³-hybridized carbons (Fsp3) is 0.263. The van der Waals surface area contributed by atoms with Crippen LogP contribution in [0.1, 0.15) is 23.1 Å². The Bertz CT molecular complexity index is 632. The van der Waals surface area contributed by atoms with Crippen molar-refractivity contribution < 1.29 is 9.84 Å². The molecule has 2 nitrogen and oxygen atoms in total. The van der Waals surface area contributed by atoms with E-state index in [1.54, 1.807) is 6.07 Å². The number of benzene rings is 2. The molecule has 0 unspecified atom stereocenters. The van der Waals surface area contributed by atoms with Gasteiger partial charge in [0.05, 0.1) is 0 Å². The molecule has 3 rings (SSSR count). The van der Waals surface area contributed by atoms with E-state index in [4.69, 9.17) is 4.74 Å². The highest BCUT2D eigenvalue weighted by atomic mass is 16.5. The summed E-state index contributed by atoms with van der Waals surface area (Å²) < 4.78 is 6.03. The molecule has 1 heterocycles. The second-order valence-electron chi connectivity index (χ2n) is 5.50. The third kappa shape index (κ3) is 2.94. The Morgan fingerprint density at radius 3 is 2.76 bits per heavy atom. The molecule has 0 saturated heterocycles. The molecule has 0 fully saturated rings. The van der Waals surface area contributed by atoms with E-state index in [0.29, 0.717) is 12.2 Å². The zero-order valence-corrected chi connectivity index (χ0v) is 12.1. The summed E-state index contributed by atoms with van der Waals surface area (Å²) in [5.41, 5.74) is 3.45. The standard InChI is InChI=1S/C19H20O2/c1-2-6-16-17-13-15(21-19(17)12-11-18(16)20)10-9-14-7-4-3-5-8-14/h2-5,7-8,11-12,15,20H,1,6,9-10,13H2/t15-/m0/s1. The van der Waals surface area contributed by atoms with Crippen molar-refractivity contribution in [3.05, 3.63) is 71.8 Å². The first kappa shape index (κ1) is 13.7. The molecule has 0 aromatic heterocycles. The molecule has 1 atom stereocenters. The molecule has 1 N–H and O–H groups in total. The summed E-state index contributed by atoms with van der Waals surface area (Å²) in [4.78, 5) is 0. The number of rotatable bonds is 5. The van der Waals surface area contributed by atoms with Crippen LogP contribution in [0.4, 0.5) is 0 Å². The van der Waals surface area contributed by atoms with Gasteiger partial charge in [0.1, 0.15) is 17.6 Å². The van der Waals surface area contributed by atoms with E-state index in [1.165, 1.54) is 5.56 Å². The average molecular weight is 280 g/mol. The summed E-state index contributed by atoms with van der Waals surface area (Å²) in [6, 6.07) is 14.1. The van der Waals surface area contributed by atoms with E-state index in [-0.39, 0.29) is 6.10 Å². The molecule has 0 saturated carbocycles. The minimum atomic E-state index is 0.200. The van der Waals surface area contributed by atoms with Crippen LogP contribution in [0, 0.1) is 0 Å². The van der Waals surface area contributed by atoms with E-state index >= 15 is 0 Å². The van der Waals surface area contributed by atoms with Crippen LogP contribution in [-0.4, -0.2) is 11.2 Å². The Labute approximate surface area is 125 Å². The van der Waals surface area contributed by atoms with Crippen LogP contribution in [0.5, 0.6) is 11.5 Å². The quantitative estimate of drug-likeness (QED) is 0.837. The predicted octanol–water partition coefficient (Wildman–Crippen LogP) is 4.06. The van der Waals surface area contributed by atoms with Crippen LogP contribution in [0.25, 0.3) is 0 Å². The highest BCUT2D eigenvalue weighted by Crippen LogP contribution is 2.37. The summed E-state index contributed by atoms with van der Waals surface area (Å²) in [5.74, 6) is 1.27. The first-order valence-corrected chi connectivity index (χ1v) is 7.43. The molecule has 108 valence electrons. The van der Waals surface area contributed by atoms with Crippen molar-refractivity contribution in [1.82, 2.24) is 0 Å². The molecule has 0 aliphatic carbocycles. The first-order chi connectivity index (χ1) is 10.3. The zero-order chi connectivity index (χ0) is 14.7. The summed E-state index contributed by atoms with van der Waals surface area (Å²) >= 11 is 0. The van der Waals surface area contributed by atoms with Gasteiger partial charge in [-0.3, -0.25) is 0 Å². The number of hydrogen-bond donors (Lipinski definition) is 1. The molecule has 2 heteroatoms. The van der Waals surface area contributed by atoms with E-state index in [2.05, 4.69) is 30.8 Å². The largest absolute Gasteiger partial charge is 0.508 e. The maximum Gasteiger partial charge on any atom is 0.123 e. The van der Waals surface area contributed by atoms with E-state index in [9.17, 15) is 5.11 Å². The molecule has 0 bridgehead atoms. The van der Waals surface area contributed by atoms with E-state index < -0.39 is 0 Å². The Morgan fingerprint density at radius 1 is 1.19 bits per heavy atom. The van der Waals surface area contributed by atoms with Crippen LogP contribution in [0.2, 0.25) is 0 Å². The summed E-state index contributed by atoms with van der Waals surface area (Å²) in [7, 11) is 0. The minimum absolute atomic E-state index is 0.200. The minimum Gasteiger partial charge on any atom is -0.508 e. The fourth-order valence-corrected chi connectivity index (χ4v) is 2.95. The smallest absolute Gasteiger partial charge is 0.123 e. The number of phenolic OH excluding ortho intramolecular Hbond substituents is 1. The van der Waals surface area contributed by atoms with Crippen molar-refractivity contribution in [3.63, 3.8) is 0 Å². The van der Waals surface area contributed by atoms with E-state index in [1.807, 2.05) is 18.2 Å². The molecule has 1 aliphatic rings. The lowest BCUT2D eigenvalue weighted by Gasteiger charge is -2.10. The lowest BCUT2D eigenvalue weighted by molar-refractivity contribution is 0.222. The lowest BCUT2D eigenvalue weighted by Crippen LogP contribution is -2.13. The third-order valence-electron chi connectivity index (χ3n) is 4.04. The normalized spacial score (nSPS) is 16.3. The number of phenols is 1. The molecule has 2 aromatic carbocycles. The number of aryl methyl sites for hydroxylation is 1. The Kier molecular flexibility index (Phi) is 3.96. The number of ether oxygens (including phenoxy) is 1. The Hall–Kier alpha value is -2.22. The van der Waals surface area contributed by atoms with Crippen LogP contribution in [-0.2, 0) is 19.3 Å². The predicted molar refractivity (Wildman–Crippen MR) is 84.9 cm³/mol. The SMILES string of the molecule is C=CCc1c(O)ccc2c1C[C@H](CCc1ccccc1)O2. The first-order valence-electron chi connectivity index (χ1n) is 7.43. The van der Waals surface area contributed by atoms with Gasteiger partial charge in [0, 0.05) is 17.5 Å². The van der Waals surface area contributed by atoms with Crippen molar-refractivity contribution in [2.24, 2.45) is 0 Å². The van der Waals surface area contributed by atoms with Crippen molar-refractivity contribution in [1.29, 1.82) is 0 Å². The van der Waals surface area contributed by atoms with Crippen LogP contribution in [0.3, 0.4) is 0 Å². The molecular weight excluding hydrogens is 260 g/mol. The average Bonchev–Trinajstić information content (AvgIpc) is 2.93. The number of hydrogen-bond acceptors (Lipinski definition) is 2. The number of aromatic hydroxyl groups is 1. The Morgan fingerprint density at radius 2 is 2.00 bits per heavy atom. The summed E-state index contributed by atoms with van der Waals surface area (Å²) in [5, 5.41) is 10.00. The van der Waals surface area contributed by atoms with Crippen molar-refractivity contribution in [2.75, 3.05) is 0 Å². The molecule has 21 heavy (non-hydrogen) atoms. The van der Waals surface area contributed by atoms with Gasteiger partial charge in [0.25, 0.3) is 0 Å². The highest BCUT2D eigenvalue weighted by Gasteiger charge is 2.26. The van der Waals surface area contributed by atoms with Gasteiger partial charge in [-0.2, -0.15) is 0 Å². The van der Waals surface area contributed by atoms with Gasteiger partial charge in [-0.25, -0.2) is 0 Å². The van der Waals surface area contributed by atoms with Gasteiger partial charge in [-0.1, -0.05) is 36.4 Å². The maximum absolute atomic E-state index is 10.00. The lowest BCUT2D eigenvalue weighted by atomic mass is 9.97. The fourth-order valence-electron chi connectivity index (χ4n) is 2.95. The van der Waals surface area contributed by atoms with Crippen molar-refractivity contribution in [2.45, 2.75) is 31.8 Å². The van der Waals surface area contributed by atoms with Gasteiger partial charge < -0.3 is 9.84 Å². The molecule has 0 amide bonds. The van der Waals surface area contributed by atoms with Crippen LogP contribution < -0.4 is 4.74 Å². The maximum atomic E-state index is 10.00. The Balaban J connectivity index is 1.70. The molecular formula is C19H20O2. The molecule has 1 aliphatic heterocycles. The van der Waals surface area contributed by atoms with Crippen molar-refractivity contribution >= 4 is 0 Å². The third-order valence-corrected chi connectivity index (χ3v) is 4.04.